The highest BCUT2D eigenvalue weighted by molar-refractivity contribution is 8.26. The molecule has 33 heavy (non-hydrogen) atoms. The van der Waals surface area contributed by atoms with Crippen LogP contribution in [0.3, 0.4) is 0 Å². The number of benzene rings is 1. The van der Waals surface area contributed by atoms with Gasteiger partial charge in [-0.25, -0.2) is 0 Å². The lowest BCUT2D eigenvalue weighted by Gasteiger charge is -2.38. The molecule has 2 aromatic rings. The summed E-state index contributed by atoms with van der Waals surface area (Å²) in [5.74, 6) is 0.588. The number of hydrogen-bond donors (Lipinski definition) is 0. The third kappa shape index (κ3) is 4.16. The van der Waals surface area contributed by atoms with Crippen LogP contribution in [-0.4, -0.2) is 52.4 Å². The van der Waals surface area contributed by atoms with E-state index in [0.29, 0.717) is 34.4 Å². The Balaban J connectivity index is 1.75. The van der Waals surface area contributed by atoms with Gasteiger partial charge in [-0.1, -0.05) is 42.2 Å². The van der Waals surface area contributed by atoms with E-state index in [0.717, 1.165) is 24.5 Å². The molecule has 0 saturated carbocycles. The maximum absolute atomic E-state index is 13.0. The molecular weight excluding hydrogens is 454 g/mol. The number of carbonyl (C=O) groups is 1. The van der Waals surface area contributed by atoms with E-state index in [1.165, 1.54) is 22.0 Å². The van der Waals surface area contributed by atoms with Crippen molar-refractivity contribution in [3.8, 4) is 6.07 Å². The number of pyridine rings is 1. The molecule has 2 aliphatic heterocycles. The van der Waals surface area contributed by atoms with Crippen LogP contribution in [0.4, 0.5) is 11.5 Å². The molecule has 0 unspecified atom stereocenters. The van der Waals surface area contributed by atoms with Crippen LogP contribution in [0, 0.1) is 18.3 Å². The third-order valence-electron chi connectivity index (χ3n) is 6.13. The third-order valence-corrected chi connectivity index (χ3v) is 7.51. The second-order valence-electron chi connectivity index (χ2n) is 7.95. The second-order valence-corrected chi connectivity index (χ2v) is 9.62. The van der Waals surface area contributed by atoms with E-state index < -0.39 is 0 Å². The summed E-state index contributed by atoms with van der Waals surface area (Å²) in [6.07, 6.45) is 1.80. The number of nitriles is 1. The van der Waals surface area contributed by atoms with Crippen molar-refractivity contribution >= 4 is 51.8 Å². The Bertz CT molecular complexity index is 1240. The first kappa shape index (κ1) is 23.1. The van der Waals surface area contributed by atoms with E-state index in [1.807, 2.05) is 25.1 Å². The number of amides is 1. The Labute approximate surface area is 202 Å². The van der Waals surface area contributed by atoms with Crippen molar-refractivity contribution in [3.63, 3.8) is 0 Å². The summed E-state index contributed by atoms with van der Waals surface area (Å²) in [6, 6.07) is 12.3. The van der Waals surface area contributed by atoms with Crippen LogP contribution in [0.25, 0.3) is 6.08 Å². The van der Waals surface area contributed by atoms with E-state index in [-0.39, 0.29) is 17.0 Å². The van der Waals surface area contributed by atoms with E-state index in [4.69, 9.17) is 12.2 Å². The van der Waals surface area contributed by atoms with Gasteiger partial charge in [-0.15, -0.1) is 0 Å². The van der Waals surface area contributed by atoms with E-state index >= 15 is 0 Å². The second kappa shape index (κ2) is 9.41. The molecule has 1 aromatic carbocycles. The summed E-state index contributed by atoms with van der Waals surface area (Å²) in [6.45, 7) is 7.19. The van der Waals surface area contributed by atoms with Crippen LogP contribution in [0.15, 0.2) is 40.0 Å². The first-order chi connectivity index (χ1) is 15.9. The van der Waals surface area contributed by atoms with Gasteiger partial charge in [0.2, 0.25) is 0 Å². The smallest absolute Gasteiger partial charge is 0.270 e. The lowest BCUT2D eigenvalue weighted by Crippen LogP contribution is -2.48. The van der Waals surface area contributed by atoms with Gasteiger partial charge in [0.1, 0.15) is 21.8 Å². The molecule has 0 N–H and O–H groups in total. The zero-order valence-corrected chi connectivity index (χ0v) is 20.5. The van der Waals surface area contributed by atoms with Crippen molar-refractivity contribution in [1.29, 1.82) is 5.26 Å². The highest BCUT2D eigenvalue weighted by Crippen LogP contribution is 2.35. The molecule has 2 fully saturated rings. The predicted molar refractivity (Wildman–Crippen MR) is 138 cm³/mol. The summed E-state index contributed by atoms with van der Waals surface area (Å²) in [5.41, 5.74) is 2.25. The first-order valence-electron chi connectivity index (χ1n) is 10.8. The van der Waals surface area contributed by atoms with E-state index in [9.17, 15) is 14.9 Å². The normalized spacial score (nSPS) is 17.8. The van der Waals surface area contributed by atoms with Gasteiger partial charge in [0, 0.05) is 51.0 Å². The highest BCUT2D eigenvalue weighted by Gasteiger charge is 2.32. The first-order valence-corrected chi connectivity index (χ1v) is 12.0. The fourth-order valence-corrected chi connectivity index (χ4v) is 5.68. The van der Waals surface area contributed by atoms with Gasteiger partial charge in [-0.05, 0) is 37.6 Å². The fourth-order valence-electron chi connectivity index (χ4n) is 4.31. The summed E-state index contributed by atoms with van der Waals surface area (Å²) >= 11 is 6.62. The highest BCUT2D eigenvalue weighted by atomic mass is 32.2. The summed E-state index contributed by atoms with van der Waals surface area (Å²) in [4.78, 5) is 32.4. The number of nitrogens with zero attached hydrogens (tertiary/aromatic N) is 5. The molecule has 3 heterocycles. The van der Waals surface area contributed by atoms with Gasteiger partial charge < -0.3 is 9.80 Å². The number of thiocarbonyl (C=S) groups is 1. The van der Waals surface area contributed by atoms with Crippen LogP contribution in [0.1, 0.15) is 23.6 Å². The summed E-state index contributed by atoms with van der Waals surface area (Å²) < 4.78 is 2.06. The Hall–Kier alpha value is -3.09. The lowest BCUT2D eigenvalue weighted by molar-refractivity contribution is -0.121. The molecule has 2 aliphatic rings. The molecule has 170 valence electrons. The maximum atomic E-state index is 13.0. The number of aromatic nitrogens is 1. The van der Waals surface area contributed by atoms with Crippen molar-refractivity contribution < 1.29 is 4.79 Å². The lowest BCUT2D eigenvalue weighted by atomic mass is 10.0. The molecular formula is C24H25N5O2S2. The summed E-state index contributed by atoms with van der Waals surface area (Å²) in [7, 11) is 1.69. The van der Waals surface area contributed by atoms with E-state index in [1.54, 1.807) is 24.9 Å². The monoisotopic (exact) mass is 479 g/mol. The molecule has 0 bridgehead atoms. The molecule has 0 atom stereocenters. The Morgan fingerprint density at radius 2 is 1.76 bits per heavy atom. The largest absolute Gasteiger partial charge is 0.368 e. The van der Waals surface area contributed by atoms with Crippen molar-refractivity contribution in [2.24, 2.45) is 7.05 Å². The number of hydrogen-bond acceptors (Lipinski definition) is 7. The standard InChI is InChI=1S/C24H25N5O2S2/c1-4-29-23(31)20(33-24(29)32)14-18-16(2)19(15-25)22(30)26(3)21(18)28-12-10-27(11-13-28)17-8-6-5-7-9-17/h5-9,14H,4,10-13H2,1-3H3/b20-14-. The fraction of sp³-hybridized carbons (Fsp3) is 0.333. The minimum atomic E-state index is -0.325. The van der Waals surface area contributed by atoms with Gasteiger partial charge in [-0.2, -0.15) is 5.26 Å². The van der Waals surface area contributed by atoms with Crippen molar-refractivity contribution in [3.05, 3.63) is 62.3 Å². The number of rotatable bonds is 4. The quantitative estimate of drug-likeness (QED) is 0.493. The zero-order chi connectivity index (χ0) is 23.7. The van der Waals surface area contributed by atoms with Gasteiger partial charge in [0.15, 0.2) is 0 Å². The predicted octanol–water partition coefficient (Wildman–Crippen LogP) is 3.11. The minimum Gasteiger partial charge on any atom is -0.368 e. The Morgan fingerprint density at radius 3 is 2.33 bits per heavy atom. The van der Waals surface area contributed by atoms with Crippen LogP contribution < -0.4 is 15.4 Å². The number of likely N-dealkylation sites (N-methyl/N-ethyl adjacent to an activating group) is 1. The molecule has 0 radical (unpaired) electrons. The van der Waals surface area contributed by atoms with Crippen molar-refractivity contribution in [2.75, 3.05) is 42.5 Å². The molecule has 0 spiro atoms. The van der Waals surface area contributed by atoms with Gasteiger partial charge >= 0.3 is 0 Å². The molecule has 2 saturated heterocycles. The number of anilines is 2. The Morgan fingerprint density at radius 1 is 1.12 bits per heavy atom. The topological polar surface area (TPSA) is 72.6 Å². The molecule has 9 heteroatoms. The van der Waals surface area contributed by atoms with Crippen LogP contribution in [0.2, 0.25) is 0 Å². The molecule has 0 aliphatic carbocycles. The van der Waals surface area contributed by atoms with Crippen molar-refractivity contribution in [2.45, 2.75) is 13.8 Å². The average molecular weight is 480 g/mol. The molecule has 1 aromatic heterocycles. The SMILES string of the molecule is CCN1C(=O)/C(=C/c2c(C)c(C#N)c(=O)n(C)c2N2CCN(c3ccccc3)CC2)SC1=S. The van der Waals surface area contributed by atoms with Crippen LogP contribution >= 0.6 is 24.0 Å². The number of carbonyl (C=O) groups excluding carboxylic acids is 1. The molecule has 1 amide bonds. The molecule has 7 nitrogen and oxygen atoms in total. The molecule has 4 rings (SSSR count). The van der Waals surface area contributed by atoms with Crippen molar-refractivity contribution in [1.82, 2.24) is 9.47 Å². The van der Waals surface area contributed by atoms with Gasteiger partial charge in [0.05, 0.1) is 4.91 Å². The average Bonchev–Trinajstić information content (AvgIpc) is 3.10. The van der Waals surface area contributed by atoms with Crippen LogP contribution in [0.5, 0.6) is 0 Å². The zero-order valence-electron chi connectivity index (χ0n) is 18.9. The van der Waals surface area contributed by atoms with Crippen LogP contribution in [-0.2, 0) is 11.8 Å². The number of para-hydroxylation sites is 1. The number of thioether (sulfide) groups is 1. The minimum absolute atomic E-state index is 0.0985. The maximum Gasteiger partial charge on any atom is 0.270 e. The Kier molecular flexibility index (Phi) is 6.58. The van der Waals surface area contributed by atoms with Gasteiger partial charge in [0.25, 0.3) is 11.5 Å². The van der Waals surface area contributed by atoms with E-state index in [2.05, 4.69) is 28.0 Å². The van der Waals surface area contributed by atoms with Gasteiger partial charge in [-0.3, -0.25) is 19.1 Å². The number of piperazine rings is 1. The summed E-state index contributed by atoms with van der Waals surface area (Å²) in [5, 5.41) is 9.64.